The van der Waals surface area contributed by atoms with Gasteiger partial charge in [-0.25, -0.2) is 5.43 Å². The lowest BCUT2D eigenvalue weighted by molar-refractivity contribution is 0.552. The summed E-state index contributed by atoms with van der Waals surface area (Å²) in [4.78, 5) is 0. The van der Waals surface area contributed by atoms with Crippen molar-refractivity contribution in [1.29, 1.82) is 0 Å². The molecule has 0 bridgehead atoms. The van der Waals surface area contributed by atoms with Crippen molar-refractivity contribution in [2.45, 2.75) is 6.04 Å². The van der Waals surface area contributed by atoms with E-state index in [9.17, 15) is 4.46 Å². The van der Waals surface area contributed by atoms with Crippen molar-refractivity contribution in [3.8, 4) is 0 Å². The fourth-order valence-electron chi connectivity index (χ4n) is 0.400. The van der Waals surface area contributed by atoms with Gasteiger partial charge in [-0.3, -0.25) is 0 Å². The Hall–Kier alpha value is -0.223. The largest absolute Gasteiger partial charge is 0.408 e. The minimum Gasteiger partial charge on any atom is -0.359 e. The molecule has 0 aliphatic carbocycles. The van der Waals surface area contributed by atoms with Crippen LogP contribution in [-0.2, 0) is 4.46 Å². The highest BCUT2D eigenvalue weighted by molar-refractivity contribution is 6.40. The molecule has 0 aromatic carbocycles. The molecule has 1 rings (SSSR count). The molecule has 34 valence electrons. The summed E-state index contributed by atoms with van der Waals surface area (Å²) in [6.07, 6.45) is 0. The monoisotopic (exact) mass is 102 g/mol. The van der Waals surface area contributed by atoms with Crippen LogP contribution in [-0.4, -0.2) is 15.4 Å². The standard InChI is InChI=1S/C2H6N2OSi/c5-6-2-1-3-4-6/h3-4H,1-2H2. The topological polar surface area (TPSA) is 41.1 Å². The second-order valence-electron chi connectivity index (χ2n) is 1.22. The summed E-state index contributed by atoms with van der Waals surface area (Å²) in [5, 5.41) is 2.62. The number of nitrogens with one attached hydrogen (secondary N) is 2. The van der Waals surface area contributed by atoms with Crippen molar-refractivity contribution in [2.24, 2.45) is 0 Å². The third-order valence-electron chi connectivity index (χ3n) is 0.705. The summed E-state index contributed by atoms with van der Waals surface area (Å²) >= 11 is 0. The van der Waals surface area contributed by atoms with E-state index in [-0.39, 0.29) is 0 Å². The molecule has 0 unspecified atom stereocenters. The van der Waals surface area contributed by atoms with Crippen LogP contribution in [0.2, 0.25) is 6.04 Å². The first kappa shape index (κ1) is 3.95. The number of hydrogen-bond donors (Lipinski definition) is 2. The lowest BCUT2D eigenvalue weighted by Gasteiger charge is -1.82. The molecule has 0 aromatic rings. The molecule has 0 aromatic heterocycles. The van der Waals surface area contributed by atoms with Crippen LogP contribution in [0.5, 0.6) is 0 Å². The predicted molar refractivity (Wildman–Crippen MR) is 22.4 cm³/mol. The van der Waals surface area contributed by atoms with Crippen LogP contribution >= 0.6 is 0 Å². The molecule has 1 aliphatic heterocycles. The minimum atomic E-state index is -1.37. The van der Waals surface area contributed by atoms with Gasteiger partial charge >= 0.3 is 8.84 Å². The van der Waals surface area contributed by atoms with Crippen molar-refractivity contribution in [1.82, 2.24) is 10.5 Å². The van der Waals surface area contributed by atoms with Crippen molar-refractivity contribution in [2.75, 3.05) is 6.54 Å². The van der Waals surface area contributed by atoms with E-state index >= 15 is 0 Å². The zero-order valence-electron chi connectivity index (χ0n) is 3.32. The van der Waals surface area contributed by atoms with Gasteiger partial charge in [-0.2, -0.15) is 0 Å². The maximum Gasteiger partial charge on any atom is 0.408 e. The maximum atomic E-state index is 10.3. The van der Waals surface area contributed by atoms with Gasteiger partial charge in [0, 0.05) is 12.6 Å². The van der Waals surface area contributed by atoms with Crippen LogP contribution in [0.25, 0.3) is 0 Å². The number of hydrogen-bond acceptors (Lipinski definition) is 2. The summed E-state index contributed by atoms with van der Waals surface area (Å²) in [5.74, 6) is 0. The smallest absolute Gasteiger partial charge is 0.359 e. The van der Waals surface area contributed by atoms with Gasteiger partial charge in [0.25, 0.3) is 0 Å². The SMILES string of the molecule is O=[Si]1CCNN1. The summed E-state index contributed by atoms with van der Waals surface area (Å²) in [6, 6.07) is 0.810. The molecule has 0 atom stereocenters. The van der Waals surface area contributed by atoms with E-state index in [4.69, 9.17) is 0 Å². The molecular formula is C2H6N2OSi. The molecule has 1 heterocycles. The van der Waals surface area contributed by atoms with E-state index in [1.54, 1.807) is 0 Å². The normalized spacial score (nSPS) is 21.0. The van der Waals surface area contributed by atoms with Crippen molar-refractivity contribution in [3.63, 3.8) is 0 Å². The van der Waals surface area contributed by atoms with Gasteiger partial charge in [0.05, 0.1) is 0 Å². The van der Waals surface area contributed by atoms with Crippen molar-refractivity contribution >= 4 is 8.84 Å². The number of rotatable bonds is 0. The van der Waals surface area contributed by atoms with Crippen LogP contribution in [0.4, 0.5) is 0 Å². The van der Waals surface area contributed by atoms with Crippen LogP contribution in [0, 0.1) is 0 Å². The lowest BCUT2D eigenvalue weighted by atomic mass is 10.8. The molecule has 0 spiro atoms. The van der Waals surface area contributed by atoms with Crippen LogP contribution in [0.15, 0.2) is 0 Å². The highest BCUT2D eigenvalue weighted by Crippen LogP contribution is 1.79. The Morgan fingerprint density at radius 3 is 2.67 bits per heavy atom. The summed E-state index contributed by atoms with van der Waals surface area (Å²) < 4.78 is 10.3. The molecule has 0 amide bonds. The van der Waals surface area contributed by atoms with Crippen molar-refractivity contribution in [3.05, 3.63) is 0 Å². The van der Waals surface area contributed by atoms with E-state index in [2.05, 4.69) is 10.5 Å². The third kappa shape index (κ3) is 0.634. The van der Waals surface area contributed by atoms with Gasteiger partial charge in [0.2, 0.25) is 0 Å². The van der Waals surface area contributed by atoms with Gasteiger partial charge < -0.3 is 9.55 Å². The molecule has 2 N–H and O–H groups in total. The summed E-state index contributed by atoms with van der Waals surface area (Å²) in [7, 11) is -1.37. The van der Waals surface area contributed by atoms with Crippen LogP contribution in [0.3, 0.4) is 0 Å². The van der Waals surface area contributed by atoms with Crippen LogP contribution < -0.4 is 10.5 Å². The van der Waals surface area contributed by atoms with E-state index in [1.165, 1.54) is 0 Å². The Balaban J connectivity index is 2.37. The molecular weight excluding hydrogens is 96.1 g/mol. The molecule has 1 fully saturated rings. The quantitative estimate of drug-likeness (QED) is 0.386. The van der Waals surface area contributed by atoms with Gasteiger partial charge in [0.1, 0.15) is 0 Å². The van der Waals surface area contributed by atoms with Gasteiger partial charge in [-0.1, -0.05) is 0 Å². The molecule has 0 saturated carbocycles. The Morgan fingerprint density at radius 1 is 1.67 bits per heavy atom. The van der Waals surface area contributed by atoms with E-state index in [1.807, 2.05) is 0 Å². The highest BCUT2D eigenvalue weighted by Gasteiger charge is 2.08. The Bertz CT molecular complexity index is 65.9. The highest BCUT2D eigenvalue weighted by atomic mass is 28.3. The first-order valence-corrected chi connectivity index (χ1v) is 3.53. The summed E-state index contributed by atoms with van der Waals surface area (Å²) in [5.41, 5.74) is 2.75. The molecule has 4 heteroatoms. The fourth-order valence-corrected chi connectivity index (χ4v) is 1.20. The molecule has 1 saturated heterocycles. The second-order valence-corrected chi connectivity index (χ2v) is 2.82. The molecule has 0 radical (unpaired) electrons. The average Bonchev–Trinajstić information content (AvgIpc) is 1.86. The summed E-state index contributed by atoms with van der Waals surface area (Å²) in [6.45, 7) is 0.859. The molecule has 1 aliphatic rings. The molecule has 3 nitrogen and oxygen atoms in total. The minimum absolute atomic E-state index is 0.810. The van der Waals surface area contributed by atoms with Crippen molar-refractivity contribution < 1.29 is 4.46 Å². The van der Waals surface area contributed by atoms with Crippen LogP contribution in [0.1, 0.15) is 0 Å². The zero-order chi connectivity index (χ0) is 4.41. The van der Waals surface area contributed by atoms with Gasteiger partial charge in [-0.05, 0) is 0 Å². The fraction of sp³-hybridized carbons (Fsp3) is 1.00. The Kier molecular flexibility index (Phi) is 0.977. The zero-order valence-corrected chi connectivity index (χ0v) is 4.32. The second kappa shape index (κ2) is 1.48. The first-order chi connectivity index (χ1) is 2.89. The predicted octanol–water partition coefficient (Wildman–Crippen LogP) is -0.987. The van der Waals surface area contributed by atoms with E-state index in [0.717, 1.165) is 12.6 Å². The Labute approximate surface area is 37.5 Å². The maximum absolute atomic E-state index is 10.3. The Morgan fingerprint density at radius 2 is 2.50 bits per heavy atom. The third-order valence-corrected chi connectivity index (χ3v) is 1.86. The van der Waals surface area contributed by atoms with E-state index < -0.39 is 8.84 Å². The average molecular weight is 102 g/mol. The first-order valence-electron chi connectivity index (χ1n) is 1.91. The molecule has 6 heavy (non-hydrogen) atoms. The van der Waals surface area contributed by atoms with E-state index in [0.29, 0.717) is 0 Å². The van der Waals surface area contributed by atoms with Gasteiger partial charge in [-0.15, -0.1) is 0 Å². The lowest BCUT2D eigenvalue weighted by Crippen LogP contribution is -2.27. The number of hydrazine groups is 1. The van der Waals surface area contributed by atoms with Gasteiger partial charge in [0.15, 0.2) is 0 Å².